The summed E-state index contributed by atoms with van der Waals surface area (Å²) in [6, 6.07) is 0. The summed E-state index contributed by atoms with van der Waals surface area (Å²) in [6.45, 7) is 14.8. The molecule has 0 aliphatic carbocycles. The monoisotopic (exact) mass is 278 g/mol. The van der Waals surface area contributed by atoms with E-state index in [9.17, 15) is 0 Å². The normalized spacial score (nSPS) is 11.6. The smallest absolute Gasteiger partial charge is 0.200 e. The Hall–Kier alpha value is -0.703. The van der Waals surface area contributed by atoms with Gasteiger partial charge >= 0.3 is 0 Å². The topological polar surface area (TPSA) is 9.23 Å². The highest BCUT2D eigenvalue weighted by Gasteiger charge is 2.44. The van der Waals surface area contributed by atoms with Crippen LogP contribution in [0.3, 0.4) is 0 Å². The summed E-state index contributed by atoms with van der Waals surface area (Å²) in [4.78, 5) is 0. The van der Waals surface area contributed by atoms with Crippen molar-refractivity contribution >= 4 is 8.32 Å². The molecule has 1 nitrogen and oxygen atoms in total. The average molecular weight is 279 g/mol. The molecule has 0 aliphatic rings. The van der Waals surface area contributed by atoms with Crippen molar-refractivity contribution in [2.24, 2.45) is 0 Å². The summed E-state index contributed by atoms with van der Waals surface area (Å²) >= 11 is 0. The minimum Gasteiger partial charge on any atom is -0.416 e. The predicted octanol–water partition coefficient (Wildman–Crippen LogP) is 4.99. The Morgan fingerprint density at radius 1 is 0.947 bits per heavy atom. The van der Waals surface area contributed by atoms with Crippen molar-refractivity contribution < 1.29 is 4.43 Å². The van der Waals surface area contributed by atoms with Crippen molar-refractivity contribution in [1.82, 2.24) is 0 Å². The van der Waals surface area contributed by atoms with Gasteiger partial charge in [0.2, 0.25) is 0 Å². The Kier molecular flexibility index (Phi) is 8.90. The molecule has 2 heteroatoms. The van der Waals surface area contributed by atoms with E-state index in [1.54, 1.807) is 0 Å². The van der Waals surface area contributed by atoms with Crippen LogP contribution in [0.1, 0.15) is 60.8 Å². The van der Waals surface area contributed by atoms with Gasteiger partial charge in [-0.1, -0.05) is 47.5 Å². The lowest BCUT2D eigenvalue weighted by Crippen LogP contribution is -2.47. The minimum absolute atomic E-state index is 0.661. The maximum atomic E-state index is 6.47. The van der Waals surface area contributed by atoms with Gasteiger partial charge in [0.25, 0.3) is 0 Å². The van der Waals surface area contributed by atoms with Gasteiger partial charge in [0.05, 0.1) is 0 Å². The molecule has 108 valence electrons. The standard InChI is InChI=1S/C17H30OSi/c1-8-9-10-11-12-13-14-18-19(15(2)3,16(4)5)17(6)7/h1,15-17H,11-14H2,2-7H3. The molecule has 0 saturated carbocycles. The Morgan fingerprint density at radius 2 is 1.47 bits per heavy atom. The summed E-state index contributed by atoms with van der Waals surface area (Å²) in [5.41, 5.74) is 1.98. The summed E-state index contributed by atoms with van der Waals surface area (Å²) in [5, 5.41) is 0. The van der Waals surface area contributed by atoms with Crippen molar-refractivity contribution in [2.45, 2.75) is 77.4 Å². The second-order valence-corrected chi connectivity index (χ2v) is 11.5. The van der Waals surface area contributed by atoms with Gasteiger partial charge in [0, 0.05) is 13.0 Å². The SMILES string of the molecule is C#CC#CCCCCO[Si](C(C)C)(C(C)C)C(C)C. The van der Waals surface area contributed by atoms with Crippen molar-refractivity contribution in [2.75, 3.05) is 6.61 Å². The van der Waals surface area contributed by atoms with Crippen LogP contribution in [0.25, 0.3) is 0 Å². The molecule has 0 aliphatic heterocycles. The molecule has 0 N–H and O–H groups in total. The molecule has 0 saturated heterocycles. The molecule has 0 amide bonds. The first-order valence-corrected chi connectivity index (χ1v) is 9.61. The third kappa shape index (κ3) is 5.43. The van der Waals surface area contributed by atoms with E-state index in [0.29, 0.717) is 16.6 Å². The van der Waals surface area contributed by atoms with Gasteiger partial charge in [0.1, 0.15) is 0 Å². The molecule has 0 unspecified atom stereocenters. The van der Waals surface area contributed by atoms with E-state index in [0.717, 1.165) is 25.9 Å². The van der Waals surface area contributed by atoms with Gasteiger partial charge in [0.15, 0.2) is 8.32 Å². The van der Waals surface area contributed by atoms with Crippen LogP contribution in [0.5, 0.6) is 0 Å². The molecule has 0 heterocycles. The summed E-state index contributed by atoms with van der Waals surface area (Å²) in [7, 11) is -1.67. The summed E-state index contributed by atoms with van der Waals surface area (Å²) in [6.07, 6.45) is 8.13. The third-order valence-corrected chi connectivity index (χ3v) is 10.0. The van der Waals surface area contributed by atoms with E-state index in [2.05, 4.69) is 59.3 Å². The number of hydrogen-bond donors (Lipinski definition) is 0. The highest BCUT2D eigenvalue weighted by atomic mass is 28.4. The zero-order valence-corrected chi connectivity index (χ0v) is 14.5. The molecule has 0 radical (unpaired) electrons. The molecular weight excluding hydrogens is 248 g/mol. The van der Waals surface area contributed by atoms with E-state index in [-0.39, 0.29) is 0 Å². The Bertz CT molecular complexity index is 317. The van der Waals surface area contributed by atoms with E-state index in [1.807, 2.05) is 0 Å². The molecule has 0 aromatic carbocycles. The third-order valence-electron chi connectivity index (χ3n) is 3.92. The largest absolute Gasteiger partial charge is 0.416 e. The van der Waals surface area contributed by atoms with Crippen LogP contribution in [-0.2, 0) is 4.43 Å². The first-order chi connectivity index (χ1) is 8.89. The van der Waals surface area contributed by atoms with E-state index < -0.39 is 8.32 Å². The van der Waals surface area contributed by atoms with Crippen LogP contribution in [-0.4, -0.2) is 14.9 Å². The highest BCUT2D eigenvalue weighted by Crippen LogP contribution is 2.42. The molecule has 0 fully saturated rings. The fraction of sp³-hybridized carbons (Fsp3) is 0.765. The summed E-state index contributed by atoms with van der Waals surface area (Å²) < 4.78 is 6.47. The number of rotatable bonds is 8. The van der Waals surface area contributed by atoms with Gasteiger partial charge < -0.3 is 4.43 Å². The van der Waals surface area contributed by atoms with E-state index in [1.165, 1.54) is 0 Å². The minimum atomic E-state index is -1.67. The molecule has 0 rings (SSSR count). The number of hydrogen-bond acceptors (Lipinski definition) is 1. The van der Waals surface area contributed by atoms with Crippen molar-refractivity contribution in [1.29, 1.82) is 0 Å². The average Bonchev–Trinajstić information content (AvgIpc) is 2.31. The summed E-state index contributed by atoms with van der Waals surface area (Å²) in [5.74, 6) is 7.97. The highest BCUT2D eigenvalue weighted by molar-refractivity contribution is 6.77. The van der Waals surface area contributed by atoms with Gasteiger partial charge in [-0.15, -0.1) is 6.42 Å². The zero-order chi connectivity index (χ0) is 14.9. The lowest BCUT2D eigenvalue weighted by atomic mass is 10.2. The van der Waals surface area contributed by atoms with Crippen LogP contribution >= 0.6 is 0 Å². The lowest BCUT2D eigenvalue weighted by molar-refractivity contribution is 0.270. The Balaban J connectivity index is 4.33. The van der Waals surface area contributed by atoms with Gasteiger partial charge in [-0.25, -0.2) is 0 Å². The second kappa shape index (κ2) is 9.24. The maximum absolute atomic E-state index is 6.47. The van der Waals surface area contributed by atoms with Crippen LogP contribution in [0.15, 0.2) is 0 Å². The van der Waals surface area contributed by atoms with E-state index in [4.69, 9.17) is 10.8 Å². The fourth-order valence-corrected chi connectivity index (χ4v) is 8.68. The fourth-order valence-electron chi connectivity index (χ4n) is 3.18. The molecule has 19 heavy (non-hydrogen) atoms. The molecule has 0 aromatic rings. The van der Waals surface area contributed by atoms with E-state index >= 15 is 0 Å². The van der Waals surface area contributed by atoms with Crippen LogP contribution in [0.2, 0.25) is 16.6 Å². The van der Waals surface area contributed by atoms with Crippen molar-refractivity contribution in [3.05, 3.63) is 0 Å². The second-order valence-electron chi connectivity index (χ2n) is 6.07. The number of unbranched alkanes of at least 4 members (excludes halogenated alkanes) is 2. The first kappa shape index (κ1) is 18.3. The van der Waals surface area contributed by atoms with Gasteiger partial charge in [-0.05, 0) is 41.3 Å². The van der Waals surface area contributed by atoms with Crippen LogP contribution in [0, 0.1) is 24.2 Å². The van der Waals surface area contributed by atoms with Gasteiger partial charge in [-0.2, -0.15) is 0 Å². The molecule has 0 bridgehead atoms. The molecular formula is C17H30OSi. The van der Waals surface area contributed by atoms with Crippen LogP contribution in [0.4, 0.5) is 0 Å². The molecule has 0 atom stereocenters. The quantitative estimate of drug-likeness (QED) is 0.345. The first-order valence-electron chi connectivity index (χ1n) is 7.47. The van der Waals surface area contributed by atoms with Gasteiger partial charge in [-0.3, -0.25) is 0 Å². The lowest BCUT2D eigenvalue weighted by Gasteiger charge is -2.42. The van der Waals surface area contributed by atoms with Crippen molar-refractivity contribution in [3.63, 3.8) is 0 Å². The predicted molar refractivity (Wildman–Crippen MR) is 87.5 cm³/mol. The Labute approximate surface area is 121 Å². The molecule has 0 spiro atoms. The maximum Gasteiger partial charge on any atom is 0.200 e. The zero-order valence-electron chi connectivity index (χ0n) is 13.5. The Morgan fingerprint density at radius 3 is 1.89 bits per heavy atom. The van der Waals surface area contributed by atoms with Crippen LogP contribution < -0.4 is 0 Å². The molecule has 0 aromatic heterocycles. The number of terminal acetylenes is 1. The van der Waals surface area contributed by atoms with Crippen molar-refractivity contribution in [3.8, 4) is 24.2 Å².